The molecule has 2 N–H and O–H groups in total. The van der Waals surface area contributed by atoms with Crippen molar-refractivity contribution in [3.05, 3.63) is 17.5 Å². The van der Waals surface area contributed by atoms with Gasteiger partial charge in [-0.3, -0.25) is 0 Å². The Kier molecular flexibility index (Phi) is 2.79. The number of ether oxygens (including phenoxy) is 1. The summed E-state index contributed by atoms with van der Waals surface area (Å²) in [5.74, 6) is -0.259. The van der Waals surface area contributed by atoms with Gasteiger partial charge in [0.15, 0.2) is 0 Å². The van der Waals surface area contributed by atoms with Crippen LogP contribution in [-0.2, 0) is 4.74 Å². The molecule has 1 aromatic heterocycles. The van der Waals surface area contributed by atoms with Gasteiger partial charge in [0.2, 0.25) is 5.95 Å². The average Bonchev–Trinajstić information content (AvgIpc) is 2.04. The van der Waals surface area contributed by atoms with Crippen LogP contribution in [0.4, 0.5) is 5.95 Å². The number of nitrogens with two attached hydrogens (primary N) is 1. The molecule has 1 rings (SSSR count). The van der Waals surface area contributed by atoms with Crippen LogP contribution in [0.25, 0.3) is 0 Å². The van der Waals surface area contributed by atoms with Gasteiger partial charge in [-0.05, 0) is 13.8 Å². The molecule has 0 amide bonds. The summed E-state index contributed by atoms with van der Waals surface area (Å²) in [7, 11) is 0. The first-order valence-electron chi connectivity index (χ1n) is 3.91. The maximum Gasteiger partial charge on any atom is 0.341 e. The van der Waals surface area contributed by atoms with Crippen molar-refractivity contribution in [2.75, 3.05) is 12.3 Å². The summed E-state index contributed by atoms with van der Waals surface area (Å²) in [5, 5.41) is 0. The van der Waals surface area contributed by atoms with Crippen LogP contribution in [0.2, 0.25) is 0 Å². The number of carbonyl (C=O) groups excluding carboxylic acids is 1. The van der Waals surface area contributed by atoms with Crippen molar-refractivity contribution < 1.29 is 9.53 Å². The van der Waals surface area contributed by atoms with Gasteiger partial charge in [-0.1, -0.05) is 0 Å². The van der Waals surface area contributed by atoms with Crippen molar-refractivity contribution in [1.82, 2.24) is 9.97 Å². The Balaban J connectivity index is 2.95. The molecule has 1 aromatic rings. The van der Waals surface area contributed by atoms with Gasteiger partial charge in [-0.2, -0.15) is 0 Å². The number of nitrogens with zero attached hydrogens (tertiary/aromatic N) is 2. The van der Waals surface area contributed by atoms with Crippen molar-refractivity contribution in [3.63, 3.8) is 0 Å². The number of esters is 1. The fourth-order valence-electron chi connectivity index (χ4n) is 0.894. The summed E-state index contributed by atoms with van der Waals surface area (Å²) < 4.78 is 4.79. The fraction of sp³-hybridized carbons (Fsp3) is 0.375. The highest BCUT2D eigenvalue weighted by molar-refractivity contribution is 5.90. The molecular weight excluding hydrogens is 170 g/mol. The lowest BCUT2D eigenvalue weighted by Gasteiger charge is -2.03. The third-order valence-corrected chi connectivity index (χ3v) is 1.49. The van der Waals surface area contributed by atoms with E-state index in [0.717, 1.165) is 0 Å². The first-order chi connectivity index (χ1) is 6.15. The Hall–Kier alpha value is -1.65. The second kappa shape index (κ2) is 3.84. The lowest BCUT2D eigenvalue weighted by Crippen LogP contribution is -2.09. The number of aryl methyl sites for hydroxylation is 1. The van der Waals surface area contributed by atoms with E-state index in [1.165, 1.54) is 6.20 Å². The van der Waals surface area contributed by atoms with Crippen LogP contribution in [0.15, 0.2) is 6.20 Å². The van der Waals surface area contributed by atoms with Crippen molar-refractivity contribution >= 4 is 11.9 Å². The Morgan fingerprint density at radius 1 is 1.69 bits per heavy atom. The molecule has 0 unspecified atom stereocenters. The van der Waals surface area contributed by atoms with Gasteiger partial charge in [0, 0.05) is 6.20 Å². The number of rotatable bonds is 2. The highest BCUT2D eigenvalue weighted by Crippen LogP contribution is 2.06. The largest absolute Gasteiger partial charge is 0.462 e. The van der Waals surface area contributed by atoms with Crippen LogP contribution in [0.1, 0.15) is 23.0 Å². The van der Waals surface area contributed by atoms with Gasteiger partial charge in [0.1, 0.15) is 0 Å². The van der Waals surface area contributed by atoms with E-state index in [9.17, 15) is 4.79 Å². The highest BCUT2D eigenvalue weighted by Gasteiger charge is 2.11. The van der Waals surface area contributed by atoms with Gasteiger partial charge in [0.25, 0.3) is 0 Å². The molecule has 5 nitrogen and oxygen atoms in total. The molecule has 13 heavy (non-hydrogen) atoms. The monoisotopic (exact) mass is 181 g/mol. The van der Waals surface area contributed by atoms with Gasteiger partial charge in [-0.15, -0.1) is 0 Å². The summed E-state index contributed by atoms with van der Waals surface area (Å²) in [6, 6.07) is 0. The quantitative estimate of drug-likeness (QED) is 0.674. The van der Waals surface area contributed by atoms with E-state index >= 15 is 0 Å². The zero-order chi connectivity index (χ0) is 9.84. The standard InChI is InChI=1S/C8H11N3O2/c1-3-13-7(12)6-4-10-8(9)11-5(6)2/h4H,3H2,1-2H3,(H2,9,10,11). The molecular formula is C8H11N3O2. The summed E-state index contributed by atoms with van der Waals surface area (Å²) in [6.07, 6.45) is 1.37. The summed E-state index contributed by atoms with van der Waals surface area (Å²) in [5.41, 5.74) is 6.22. The molecule has 0 aliphatic heterocycles. The molecule has 0 saturated carbocycles. The van der Waals surface area contributed by atoms with E-state index in [-0.39, 0.29) is 5.95 Å². The topological polar surface area (TPSA) is 78.1 Å². The minimum atomic E-state index is -0.417. The summed E-state index contributed by atoms with van der Waals surface area (Å²) >= 11 is 0. The second-order valence-electron chi connectivity index (χ2n) is 2.45. The lowest BCUT2D eigenvalue weighted by molar-refractivity contribution is 0.0524. The summed E-state index contributed by atoms with van der Waals surface area (Å²) in [4.78, 5) is 18.8. The van der Waals surface area contributed by atoms with Crippen LogP contribution in [0.5, 0.6) is 0 Å². The molecule has 0 bridgehead atoms. The molecule has 0 radical (unpaired) electrons. The Labute approximate surface area is 75.9 Å². The van der Waals surface area contributed by atoms with E-state index in [1.54, 1.807) is 13.8 Å². The normalized spacial score (nSPS) is 9.69. The predicted molar refractivity (Wildman–Crippen MR) is 47.1 cm³/mol. The average molecular weight is 181 g/mol. The molecule has 0 aliphatic rings. The molecule has 1 heterocycles. The molecule has 0 saturated heterocycles. The maximum absolute atomic E-state index is 11.2. The van der Waals surface area contributed by atoms with Crippen molar-refractivity contribution in [3.8, 4) is 0 Å². The molecule has 0 aliphatic carbocycles. The Morgan fingerprint density at radius 3 is 2.92 bits per heavy atom. The van der Waals surface area contributed by atoms with E-state index in [4.69, 9.17) is 10.5 Å². The highest BCUT2D eigenvalue weighted by atomic mass is 16.5. The van der Waals surface area contributed by atoms with Crippen LogP contribution >= 0.6 is 0 Å². The fourth-order valence-corrected chi connectivity index (χ4v) is 0.894. The maximum atomic E-state index is 11.2. The molecule has 0 aromatic carbocycles. The number of hydrogen-bond acceptors (Lipinski definition) is 5. The minimum absolute atomic E-state index is 0.158. The smallest absolute Gasteiger partial charge is 0.341 e. The predicted octanol–water partition coefficient (Wildman–Crippen LogP) is 0.544. The SMILES string of the molecule is CCOC(=O)c1cnc(N)nc1C. The van der Waals surface area contributed by atoms with Crippen molar-refractivity contribution in [2.45, 2.75) is 13.8 Å². The van der Waals surface area contributed by atoms with E-state index in [0.29, 0.717) is 17.9 Å². The van der Waals surface area contributed by atoms with Gasteiger partial charge in [-0.25, -0.2) is 14.8 Å². The van der Waals surface area contributed by atoms with Crippen LogP contribution in [-0.4, -0.2) is 22.5 Å². The number of carbonyl (C=O) groups is 1. The third kappa shape index (κ3) is 2.14. The van der Waals surface area contributed by atoms with E-state index < -0.39 is 5.97 Å². The van der Waals surface area contributed by atoms with Crippen LogP contribution < -0.4 is 5.73 Å². The van der Waals surface area contributed by atoms with Gasteiger partial charge in [0.05, 0.1) is 17.9 Å². The van der Waals surface area contributed by atoms with E-state index in [2.05, 4.69) is 9.97 Å². The third-order valence-electron chi connectivity index (χ3n) is 1.49. The van der Waals surface area contributed by atoms with Gasteiger partial charge < -0.3 is 10.5 Å². The number of nitrogen functional groups attached to an aromatic ring is 1. The minimum Gasteiger partial charge on any atom is -0.462 e. The number of hydrogen-bond donors (Lipinski definition) is 1. The molecule has 70 valence electrons. The van der Waals surface area contributed by atoms with Crippen LogP contribution in [0, 0.1) is 6.92 Å². The first kappa shape index (κ1) is 9.44. The first-order valence-corrected chi connectivity index (χ1v) is 3.91. The van der Waals surface area contributed by atoms with Crippen LogP contribution in [0.3, 0.4) is 0 Å². The molecule has 0 fully saturated rings. The summed E-state index contributed by atoms with van der Waals surface area (Å²) in [6.45, 7) is 3.76. The Bertz CT molecular complexity index is 325. The second-order valence-corrected chi connectivity index (χ2v) is 2.45. The zero-order valence-corrected chi connectivity index (χ0v) is 7.57. The van der Waals surface area contributed by atoms with Crippen molar-refractivity contribution in [2.24, 2.45) is 0 Å². The van der Waals surface area contributed by atoms with Crippen molar-refractivity contribution in [1.29, 1.82) is 0 Å². The lowest BCUT2D eigenvalue weighted by atomic mass is 10.2. The molecule has 5 heteroatoms. The Morgan fingerprint density at radius 2 is 2.38 bits per heavy atom. The number of aromatic nitrogens is 2. The molecule has 0 atom stereocenters. The molecule has 0 spiro atoms. The van der Waals surface area contributed by atoms with E-state index in [1.807, 2.05) is 0 Å². The van der Waals surface area contributed by atoms with Gasteiger partial charge >= 0.3 is 5.97 Å². The number of anilines is 1. The zero-order valence-electron chi connectivity index (χ0n) is 7.57.